The molecule has 0 aliphatic carbocycles. The Morgan fingerprint density at radius 2 is 1.83 bits per heavy atom. The second-order valence-corrected chi connectivity index (χ2v) is 12.9. The molecule has 3 heterocycles. The van der Waals surface area contributed by atoms with Gasteiger partial charge < -0.3 is 39.8 Å². The summed E-state index contributed by atoms with van der Waals surface area (Å²) in [5, 5.41) is 25.5. The number of aliphatic hydroxyl groups is 1. The second-order valence-electron chi connectivity index (χ2n) is 12.9. The molecule has 3 saturated heterocycles. The minimum absolute atomic E-state index is 0.0225. The SMILES string of the molecule is CC(=O)O[C@@H](C)/C=C\C(=O)N[C@@H]1C[C@H](C)[C@H](C/C=C(C)/C=C/[C@H]2O[C@H](CC(=O)NCCCCCC(=O)O)C[C@@]3(CO3)[C@@H]2O)O[C@@H]1C. The molecule has 12 heteroatoms. The van der Waals surface area contributed by atoms with Gasteiger partial charge in [0.1, 0.15) is 23.9 Å². The van der Waals surface area contributed by atoms with Crippen molar-refractivity contribution >= 4 is 23.8 Å². The molecule has 0 unspecified atom stereocenters. The Kier molecular flexibility index (Phi) is 14.4. The van der Waals surface area contributed by atoms with Crippen molar-refractivity contribution in [3.05, 3.63) is 36.0 Å². The number of carboxylic acids is 1. The van der Waals surface area contributed by atoms with Crippen LogP contribution in [-0.4, -0.2) is 95.4 Å². The Morgan fingerprint density at radius 3 is 2.50 bits per heavy atom. The van der Waals surface area contributed by atoms with E-state index in [4.69, 9.17) is 24.1 Å². The summed E-state index contributed by atoms with van der Waals surface area (Å²) in [6.45, 7) is 9.94. The first kappa shape index (κ1) is 37.4. The number of nitrogens with one attached hydrogen (secondary N) is 2. The first-order valence-electron chi connectivity index (χ1n) is 16.4. The van der Waals surface area contributed by atoms with Gasteiger partial charge >= 0.3 is 11.9 Å². The number of unbranched alkanes of at least 4 members (excludes halogenated alkanes) is 2. The fraction of sp³-hybridized carbons (Fsp3) is 0.706. The second kappa shape index (κ2) is 17.7. The summed E-state index contributed by atoms with van der Waals surface area (Å²) in [5.74, 6) is -1.42. The van der Waals surface area contributed by atoms with Gasteiger partial charge in [0, 0.05) is 32.4 Å². The molecule has 4 N–H and O–H groups in total. The van der Waals surface area contributed by atoms with Gasteiger partial charge in [-0.3, -0.25) is 19.2 Å². The van der Waals surface area contributed by atoms with Crippen LogP contribution in [0.2, 0.25) is 0 Å². The summed E-state index contributed by atoms with van der Waals surface area (Å²) < 4.78 is 23.1. The number of carbonyl (C=O) groups excluding carboxylic acids is 3. The van der Waals surface area contributed by atoms with E-state index in [1.807, 2.05) is 26.0 Å². The highest BCUT2D eigenvalue weighted by Gasteiger charge is 2.58. The number of carboxylic acid groups (broad SMARTS) is 1. The Balaban J connectivity index is 1.45. The van der Waals surface area contributed by atoms with E-state index in [1.54, 1.807) is 13.0 Å². The first-order chi connectivity index (χ1) is 21.8. The average Bonchev–Trinajstić information content (AvgIpc) is 3.75. The van der Waals surface area contributed by atoms with Crippen molar-refractivity contribution < 1.29 is 48.3 Å². The molecular formula is C34H52N2O10. The lowest BCUT2D eigenvalue weighted by atomic mass is 9.87. The van der Waals surface area contributed by atoms with Crippen LogP contribution in [0, 0.1) is 5.92 Å². The van der Waals surface area contributed by atoms with E-state index < -0.39 is 42.0 Å². The van der Waals surface area contributed by atoms with Gasteiger partial charge in [-0.1, -0.05) is 37.1 Å². The minimum atomic E-state index is -0.834. The first-order valence-corrected chi connectivity index (χ1v) is 16.4. The predicted molar refractivity (Wildman–Crippen MR) is 170 cm³/mol. The fourth-order valence-corrected chi connectivity index (χ4v) is 5.97. The number of allylic oxidation sites excluding steroid dienone is 2. The number of carbonyl (C=O) groups is 4. The lowest BCUT2D eigenvalue weighted by molar-refractivity contribution is -0.145. The summed E-state index contributed by atoms with van der Waals surface area (Å²) in [7, 11) is 0. The zero-order chi connectivity index (χ0) is 33.9. The molecule has 0 saturated carbocycles. The molecule has 0 bridgehead atoms. The number of epoxide rings is 1. The molecule has 2 amide bonds. The zero-order valence-electron chi connectivity index (χ0n) is 27.7. The number of amides is 2. The van der Waals surface area contributed by atoms with E-state index in [0.29, 0.717) is 38.8 Å². The molecule has 3 fully saturated rings. The average molecular weight is 649 g/mol. The molecule has 0 aromatic carbocycles. The molecule has 258 valence electrons. The van der Waals surface area contributed by atoms with Crippen molar-refractivity contribution in [2.45, 2.75) is 134 Å². The van der Waals surface area contributed by atoms with E-state index >= 15 is 0 Å². The maximum absolute atomic E-state index is 12.5. The number of esters is 1. The van der Waals surface area contributed by atoms with Crippen molar-refractivity contribution in [1.29, 1.82) is 0 Å². The molecule has 9 atom stereocenters. The molecule has 3 aliphatic rings. The Morgan fingerprint density at radius 1 is 1.09 bits per heavy atom. The highest BCUT2D eigenvalue weighted by atomic mass is 16.6. The Labute approximate surface area is 271 Å². The van der Waals surface area contributed by atoms with Gasteiger partial charge in [0.05, 0.1) is 37.4 Å². The summed E-state index contributed by atoms with van der Waals surface area (Å²) in [6, 6.07) is -0.141. The highest BCUT2D eigenvalue weighted by Crippen LogP contribution is 2.43. The normalized spacial score (nSPS) is 32.0. The quantitative estimate of drug-likeness (QED) is 0.0640. The maximum atomic E-state index is 12.5. The number of rotatable bonds is 16. The monoisotopic (exact) mass is 648 g/mol. The van der Waals surface area contributed by atoms with Gasteiger partial charge in [-0.15, -0.1) is 0 Å². The predicted octanol–water partition coefficient (Wildman–Crippen LogP) is 3.12. The van der Waals surface area contributed by atoms with Crippen LogP contribution < -0.4 is 10.6 Å². The standard InChI is InChI=1S/C34H52N2O10/c1-21(10-13-28-22(2)17-27(24(4)45-28)36-30(38)15-12-23(3)44-25(5)37)11-14-29-33(42)34(20-43-34)19-26(46-29)18-31(39)35-16-8-6-7-9-32(40)41/h10-12,14-15,22-24,26-29,33,42H,6-9,13,16-20H2,1-5H3,(H,35,39)(H,36,38)(H,40,41)/b14-11+,15-12-,21-10+/t22-,23-,24+,26+,27+,28-,29+,33+,34+/m0/s1. The number of ether oxygens (including phenoxy) is 4. The third-order valence-electron chi connectivity index (χ3n) is 8.73. The summed E-state index contributed by atoms with van der Waals surface area (Å²) >= 11 is 0. The summed E-state index contributed by atoms with van der Waals surface area (Å²) in [4.78, 5) is 46.6. The van der Waals surface area contributed by atoms with E-state index in [1.165, 1.54) is 13.0 Å². The third kappa shape index (κ3) is 12.3. The number of aliphatic carboxylic acids is 1. The molecule has 3 rings (SSSR count). The topological polar surface area (TPSA) is 173 Å². The number of hydrogen-bond acceptors (Lipinski definition) is 9. The van der Waals surface area contributed by atoms with Crippen molar-refractivity contribution in [2.24, 2.45) is 5.92 Å². The van der Waals surface area contributed by atoms with Gasteiger partial charge in [-0.25, -0.2) is 0 Å². The van der Waals surface area contributed by atoms with Crippen molar-refractivity contribution in [3.63, 3.8) is 0 Å². The van der Waals surface area contributed by atoms with Crippen LogP contribution in [0.5, 0.6) is 0 Å². The molecule has 0 aromatic heterocycles. The van der Waals surface area contributed by atoms with Crippen LogP contribution >= 0.6 is 0 Å². The largest absolute Gasteiger partial charge is 0.481 e. The molecule has 0 radical (unpaired) electrons. The van der Waals surface area contributed by atoms with E-state index in [9.17, 15) is 24.3 Å². The number of hydrogen-bond donors (Lipinski definition) is 4. The summed E-state index contributed by atoms with van der Waals surface area (Å²) in [6.07, 6.45) is 10.4. The van der Waals surface area contributed by atoms with Crippen molar-refractivity contribution in [3.8, 4) is 0 Å². The molecule has 1 spiro atoms. The molecule has 3 aliphatic heterocycles. The van der Waals surface area contributed by atoms with Crippen LogP contribution in [0.4, 0.5) is 0 Å². The fourth-order valence-electron chi connectivity index (χ4n) is 5.97. The highest BCUT2D eigenvalue weighted by molar-refractivity contribution is 5.87. The van der Waals surface area contributed by atoms with Gasteiger partial charge in [-0.2, -0.15) is 0 Å². The van der Waals surface area contributed by atoms with Crippen LogP contribution in [0.3, 0.4) is 0 Å². The van der Waals surface area contributed by atoms with Crippen LogP contribution in [0.25, 0.3) is 0 Å². The van der Waals surface area contributed by atoms with Crippen molar-refractivity contribution in [1.82, 2.24) is 10.6 Å². The van der Waals surface area contributed by atoms with Crippen LogP contribution in [0.15, 0.2) is 36.0 Å². The van der Waals surface area contributed by atoms with Gasteiger partial charge in [0.2, 0.25) is 11.8 Å². The Bertz CT molecular complexity index is 1150. The smallest absolute Gasteiger partial charge is 0.303 e. The molecule has 46 heavy (non-hydrogen) atoms. The van der Waals surface area contributed by atoms with Gasteiger partial charge in [-0.05, 0) is 58.4 Å². The van der Waals surface area contributed by atoms with E-state index in [0.717, 1.165) is 18.4 Å². The lowest BCUT2D eigenvalue weighted by Crippen LogP contribution is -2.50. The lowest BCUT2D eigenvalue weighted by Gasteiger charge is -2.39. The molecular weight excluding hydrogens is 596 g/mol. The minimum Gasteiger partial charge on any atom is -0.481 e. The Hall–Kier alpha value is -3.06. The number of aliphatic hydroxyl groups excluding tert-OH is 1. The summed E-state index contributed by atoms with van der Waals surface area (Å²) in [5.41, 5.74) is 0.298. The van der Waals surface area contributed by atoms with Crippen LogP contribution in [-0.2, 0) is 38.1 Å². The van der Waals surface area contributed by atoms with Crippen LogP contribution in [0.1, 0.15) is 86.0 Å². The molecule has 0 aromatic rings. The zero-order valence-corrected chi connectivity index (χ0v) is 27.7. The van der Waals surface area contributed by atoms with E-state index in [2.05, 4.69) is 23.6 Å². The van der Waals surface area contributed by atoms with Crippen molar-refractivity contribution in [2.75, 3.05) is 13.2 Å². The van der Waals surface area contributed by atoms with E-state index in [-0.39, 0.29) is 48.8 Å². The van der Waals surface area contributed by atoms with Gasteiger partial charge in [0.15, 0.2) is 0 Å². The third-order valence-corrected chi connectivity index (χ3v) is 8.73. The maximum Gasteiger partial charge on any atom is 0.303 e. The van der Waals surface area contributed by atoms with Gasteiger partial charge in [0.25, 0.3) is 0 Å². The molecule has 12 nitrogen and oxygen atoms in total.